The van der Waals surface area contributed by atoms with Gasteiger partial charge in [-0.1, -0.05) is 24.3 Å². The summed E-state index contributed by atoms with van der Waals surface area (Å²) in [6.45, 7) is 3.73. The minimum Gasteiger partial charge on any atom is -0.331 e. The molecule has 0 spiro atoms. The third-order valence-electron chi connectivity index (χ3n) is 3.78. The maximum Gasteiger partial charge on any atom is 0.240 e. The van der Waals surface area contributed by atoms with Gasteiger partial charge >= 0.3 is 0 Å². The first-order chi connectivity index (χ1) is 12.8. The van der Waals surface area contributed by atoms with E-state index >= 15 is 0 Å². The number of hydrazine groups is 1. The average molecular weight is 407 g/mol. The number of aryl methyl sites for hydroxylation is 2. The van der Waals surface area contributed by atoms with E-state index in [1.807, 2.05) is 44.2 Å². The molecule has 9 heteroatoms. The van der Waals surface area contributed by atoms with Crippen molar-refractivity contribution < 1.29 is 13.2 Å². The Morgan fingerprint density at radius 3 is 2.37 bits per heavy atom. The van der Waals surface area contributed by atoms with E-state index in [1.54, 1.807) is 18.2 Å². The summed E-state index contributed by atoms with van der Waals surface area (Å²) < 4.78 is 26.9. The molecule has 0 aliphatic carbocycles. The lowest BCUT2D eigenvalue weighted by Crippen LogP contribution is -2.44. The molecule has 144 valence electrons. The van der Waals surface area contributed by atoms with E-state index in [1.165, 1.54) is 0 Å². The lowest BCUT2D eigenvalue weighted by atomic mass is 10.1. The second kappa shape index (κ2) is 9.45. The Labute approximate surface area is 164 Å². The first kappa shape index (κ1) is 20.8. The van der Waals surface area contributed by atoms with Crippen LogP contribution in [0.25, 0.3) is 0 Å². The van der Waals surface area contributed by atoms with Crippen molar-refractivity contribution in [1.82, 2.24) is 15.6 Å². The van der Waals surface area contributed by atoms with E-state index in [0.717, 1.165) is 16.8 Å². The molecular weight excluding hydrogens is 384 g/mol. The molecule has 4 N–H and O–H groups in total. The van der Waals surface area contributed by atoms with Gasteiger partial charge in [0.15, 0.2) is 5.11 Å². The molecule has 0 aliphatic heterocycles. The van der Waals surface area contributed by atoms with Gasteiger partial charge in [-0.05, 0) is 61.5 Å². The van der Waals surface area contributed by atoms with Crippen molar-refractivity contribution in [2.75, 3.05) is 11.9 Å². The van der Waals surface area contributed by atoms with Crippen LogP contribution < -0.4 is 20.9 Å². The highest BCUT2D eigenvalue weighted by atomic mass is 32.2. The van der Waals surface area contributed by atoms with Gasteiger partial charge in [0.1, 0.15) is 0 Å². The number of para-hydroxylation sites is 1. The van der Waals surface area contributed by atoms with Gasteiger partial charge in [-0.2, -0.15) is 0 Å². The van der Waals surface area contributed by atoms with E-state index in [2.05, 4.69) is 20.9 Å². The van der Waals surface area contributed by atoms with E-state index in [-0.39, 0.29) is 23.0 Å². The zero-order chi connectivity index (χ0) is 19.9. The summed E-state index contributed by atoms with van der Waals surface area (Å²) in [6, 6.07) is 14.1. The fraction of sp³-hybridized carbons (Fsp3) is 0.222. The minimum atomic E-state index is -3.66. The normalized spacial score (nSPS) is 10.9. The summed E-state index contributed by atoms with van der Waals surface area (Å²) in [5, 5.41) is 3.13. The molecule has 0 fully saturated rings. The van der Waals surface area contributed by atoms with E-state index in [0.29, 0.717) is 0 Å². The smallest absolute Gasteiger partial charge is 0.240 e. The number of sulfonamides is 1. The Balaban J connectivity index is 1.75. The van der Waals surface area contributed by atoms with Crippen molar-refractivity contribution in [3.8, 4) is 0 Å². The predicted molar refractivity (Wildman–Crippen MR) is 110 cm³/mol. The van der Waals surface area contributed by atoms with Crippen LogP contribution in [0.4, 0.5) is 5.69 Å². The quantitative estimate of drug-likeness (QED) is 0.433. The molecule has 0 aliphatic rings. The second-order valence-corrected chi connectivity index (χ2v) is 8.06. The van der Waals surface area contributed by atoms with E-state index in [9.17, 15) is 13.2 Å². The lowest BCUT2D eigenvalue weighted by Gasteiger charge is -2.12. The summed E-state index contributed by atoms with van der Waals surface area (Å²) in [6.07, 6.45) is -0.0367. The van der Waals surface area contributed by atoms with Crippen molar-refractivity contribution in [2.24, 2.45) is 0 Å². The van der Waals surface area contributed by atoms with Crippen molar-refractivity contribution in [3.63, 3.8) is 0 Å². The summed E-state index contributed by atoms with van der Waals surface area (Å²) >= 11 is 5.06. The maximum absolute atomic E-state index is 12.3. The topological polar surface area (TPSA) is 99.3 Å². The number of anilines is 1. The molecule has 2 aromatic rings. The zero-order valence-electron chi connectivity index (χ0n) is 15.1. The van der Waals surface area contributed by atoms with Crippen LogP contribution in [-0.4, -0.2) is 26.0 Å². The van der Waals surface area contributed by atoms with Crippen molar-refractivity contribution in [2.45, 2.75) is 25.2 Å². The molecule has 0 saturated heterocycles. The first-order valence-corrected chi connectivity index (χ1v) is 10.1. The van der Waals surface area contributed by atoms with Crippen LogP contribution in [0.3, 0.4) is 0 Å². The molecule has 7 nitrogen and oxygen atoms in total. The third-order valence-corrected chi connectivity index (χ3v) is 5.44. The van der Waals surface area contributed by atoms with Crippen LogP contribution in [0, 0.1) is 13.8 Å². The van der Waals surface area contributed by atoms with Gasteiger partial charge in [0.2, 0.25) is 15.9 Å². The average Bonchev–Trinajstić information content (AvgIpc) is 2.63. The van der Waals surface area contributed by atoms with Crippen LogP contribution in [0.2, 0.25) is 0 Å². The molecule has 0 aromatic heterocycles. The third kappa shape index (κ3) is 6.63. The van der Waals surface area contributed by atoms with Gasteiger partial charge in [-0.15, -0.1) is 0 Å². The minimum absolute atomic E-state index is 0.0261. The number of carbonyl (C=O) groups is 1. The lowest BCUT2D eigenvalue weighted by molar-refractivity contribution is -0.121. The van der Waals surface area contributed by atoms with E-state index < -0.39 is 15.9 Å². The Hall–Kier alpha value is -2.49. The maximum atomic E-state index is 12.3. The molecule has 0 bridgehead atoms. The fourth-order valence-electron chi connectivity index (χ4n) is 2.14. The summed E-state index contributed by atoms with van der Waals surface area (Å²) in [7, 11) is -3.66. The van der Waals surface area contributed by atoms with Crippen LogP contribution in [0.1, 0.15) is 17.5 Å². The summed E-state index contributed by atoms with van der Waals surface area (Å²) in [4.78, 5) is 12.0. The van der Waals surface area contributed by atoms with Crippen molar-refractivity contribution >= 4 is 38.9 Å². The molecule has 0 heterocycles. The van der Waals surface area contributed by atoms with Gasteiger partial charge in [0.05, 0.1) is 4.90 Å². The Morgan fingerprint density at radius 2 is 1.70 bits per heavy atom. The first-order valence-electron chi connectivity index (χ1n) is 8.26. The summed E-state index contributed by atoms with van der Waals surface area (Å²) in [5.41, 5.74) is 7.67. The number of carbonyl (C=O) groups excluding carboxylic acids is 1. The van der Waals surface area contributed by atoms with Crippen molar-refractivity contribution in [1.29, 1.82) is 0 Å². The Kier molecular flexibility index (Phi) is 7.28. The number of nitrogens with one attached hydrogen (secondary N) is 4. The van der Waals surface area contributed by atoms with Gasteiger partial charge in [0.25, 0.3) is 0 Å². The van der Waals surface area contributed by atoms with Gasteiger partial charge in [0, 0.05) is 18.7 Å². The van der Waals surface area contributed by atoms with Gasteiger partial charge in [-0.3, -0.25) is 15.6 Å². The van der Waals surface area contributed by atoms with Crippen LogP contribution in [0.15, 0.2) is 53.4 Å². The number of hydrogen-bond acceptors (Lipinski definition) is 4. The number of benzene rings is 2. The molecule has 1 amide bonds. The highest BCUT2D eigenvalue weighted by Crippen LogP contribution is 2.14. The largest absolute Gasteiger partial charge is 0.331 e. The standard InChI is InChI=1S/C18H22N4O3S2/c1-13-8-9-16(12-14(13)2)27(24,25)19-11-10-17(23)21-22-18(26)20-15-6-4-3-5-7-15/h3-9,12,19H,10-11H2,1-2H3,(H,21,23)(H2,20,22,26). The Bertz CT molecular complexity index is 915. The van der Waals surface area contributed by atoms with Gasteiger partial charge < -0.3 is 5.32 Å². The van der Waals surface area contributed by atoms with Crippen LogP contribution >= 0.6 is 12.2 Å². The van der Waals surface area contributed by atoms with Crippen molar-refractivity contribution in [3.05, 3.63) is 59.7 Å². The number of rotatable bonds is 6. The monoisotopic (exact) mass is 406 g/mol. The number of thiocarbonyl (C=S) groups is 1. The van der Waals surface area contributed by atoms with Gasteiger partial charge in [-0.25, -0.2) is 13.1 Å². The SMILES string of the molecule is Cc1ccc(S(=O)(=O)NCCC(=O)NNC(=S)Nc2ccccc2)cc1C. The molecule has 27 heavy (non-hydrogen) atoms. The van der Waals surface area contributed by atoms with E-state index in [4.69, 9.17) is 12.2 Å². The highest BCUT2D eigenvalue weighted by Gasteiger charge is 2.14. The Morgan fingerprint density at radius 1 is 1.00 bits per heavy atom. The molecule has 0 saturated carbocycles. The molecule has 0 unspecified atom stereocenters. The molecule has 2 aromatic carbocycles. The van der Waals surface area contributed by atoms with Crippen LogP contribution in [-0.2, 0) is 14.8 Å². The molecule has 0 atom stereocenters. The fourth-order valence-corrected chi connectivity index (χ4v) is 3.42. The summed E-state index contributed by atoms with van der Waals surface area (Å²) in [5.74, 6) is -0.394. The number of amides is 1. The molecule has 0 radical (unpaired) electrons. The highest BCUT2D eigenvalue weighted by molar-refractivity contribution is 7.89. The molecule has 2 rings (SSSR count). The second-order valence-electron chi connectivity index (χ2n) is 5.89. The number of hydrogen-bond donors (Lipinski definition) is 4. The predicted octanol–water partition coefficient (Wildman–Crippen LogP) is 1.99. The van der Waals surface area contributed by atoms with Crippen LogP contribution in [0.5, 0.6) is 0 Å². The zero-order valence-corrected chi connectivity index (χ0v) is 16.7. The molecular formula is C18H22N4O3S2.